The number of esters is 2. The average molecular weight is 1470 g/mol. The number of halogens is 18. The molecule has 5 heterocycles. The number of pyridine rings is 5. The van der Waals surface area contributed by atoms with Gasteiger partial charge in [0.05, 0.1) is 54.3 Å². The van der Waals surface area contributed by atoms with Crippen LogP contribution in [0.3, 0.4) is 0 Å². The van der Waals surface area contributed by atoms with Crippen molar-refractivity contribution in [3.8, 4) is 0 Å². The summed E-state index contributed by atoms with van der Waals surface area (Å²) in [5.74, 6) is -16.7. The van der Waals surface area contributed by atoms with Crippen molar-refractivity contribution in [2.24, 2.45) is 0 Å². The van der Waals surface area contributed by atoms with Crippen LogP contribution in [0, 0.1) is 29.1 Å². The molecule has 0 aliphatic rings. The van der Waals surface area contributed by atoms with Crippen LogP contribution >= 0.6 is 77.0 Å². The molecule has 0 bridgehead atoms. The minimum absolute atomic E-state index is 0. The second-order valence-corrected chi connectivity index (χ2v) is 14.6. The van der Waals surface area contributed by atoms with E-state index in [1.165, 1.54) is 36.1 Å². The topological polar surface area (TPSA) is 167 Å². The molecule has 0 saturated heterocycles. The summed E-state index contributed by atoms with van der Waals surface area (Å²) in [4.78, 5) is 34.1. The molecule has 5 aromatic heterocycles. The minimum Gasteiger partial charge on any atom is -1.00 e. The van der Waals surface area contributed by atoms with Crippen LogP contribution in [0.15, 0.2) is 100 Å². The summed E-state index contributed by atoms with van der Waals surface area (Å²) in [6, 6.07) is 10.6. The summed E-state index contributed by atoms with van der Waals surface area (Å²) in [5, 5.41) is 8.23. The summed E-state index contributed by atoms with van der Waals surface area (Å²) in [7, 11) is 0. The average Bonchev–Trinajstić information content (AvgIpc) is 3.29. The number of ether oxygens (including phenoxy) is 2. The van der Waals surface area contributed by atoms with Gasteiger partial charge in [0.2, 0.25) is 0 Å². The van der Waals surface area contributed by atoms with Gasteiger partial charge in [0, 0.05) is 45.5 Å². The molecule has 11 nitrogen and oxygen atoms in total. The number of aliphatic hydroxyl groups is 1. The zero-order valence-electron chi connectivity index (χ0n) is 38.0. The van der Waals surface area contributed by atoms with E-state index in [9.17, 15) is 71.1 Å². The molecule has 0 aliphatic carbocycles. The zero-order valence-corrected chi connectivity index (χ0v) is 49.4. The van der Waals surface area contributed by atoms with E-state index in [1.807, 2.05) is 15.9 Å². The molecule has 33 heteroatoms. The Balaban J connectivity index is -0.000000142. The first-order chi connectivity index (χ1) is 31.1. The van der Waals surface area contributed by atoms with Crippen molar-refractivity contribution in [2.45, 2.75) is 36.4 Å². The van der Waals surface area contributed by atoms with Gasteiger partial charge in [-0.15, -0.1) is 0 Å². The summed E-state index contributed by atoms with van der Waals surface area (Å²) in [6.45, 7) is 1.34. The summed E-state index contributed by atoms with van der Waals surface area (Å²) >= 11 is 8.22. The van der Waals surface area contributed by atoms with Gasteiger partial charge in [-0.25, -0.2) is 40.9 Å². The summed E-state index contributed by atoms with van der Waals surface area (Å²) in [5.41, 5.74) is -1.70. The smallest absolute Gasteiger partial charge is 1.00 e. The monoisotopic (exact) mass is 1460 g/mol. The van der Waals surface area contributed by atoms with E-state index in [4.69, 9.17) is 5.11 Å². The first-order valence-electron chi connectivity index (χ1n) is 17.5. The molecule has 0 unspecified atom stereocenters. The van der Waals surface area contributed by atoms with Gasteiger partial charge in [-0.1, -0.05) is 22.6 Å². The minimum atomic E-state index is -3.84. The molecule has 0 amide bonds. The van der Waals surface area contributed by atoms with Crippen LogP contribution in [0.1, 0.15) is 38.0 Å². The van der Waals surface area contributed by atoms with Crippen molar-refractivity contribution in [3.63, 3.8) is 0 Å². The third-order valence-corrected chi connectivity index (χ3v) is 8.72. The molecule has 0 atom stereocenters. The second-order valence-electron chi connectivity index (χ2n) is 11.4. The van der Waals surface area contributed by atoms with Crippen LogP contribution in [0.25, 0.3) is 5.83 Å². The quantitative estimate of drug-likeness (QED) is 0.0440. The maximum Gasteiger partial charge on any atom is 1.00 e. The third kappa shape index (κ3) is 33.4. The van der Waals surface area contributed by atoms with Crippen molar-refractivity contribution >= 4 is 103 Å². The van der Waals surface area contributed by atoms with Crippen LogP contribution in [0.5, 0.6) is 0 Å². The molecule has 392 valence electrons. The van der Waals surface area contributed by atoms with Gasteiger partial charge in [-0.3, -0.25) is 19.9 Å². The Morgan fingerprint density at radius 3 is 1.25 bits per heavy atom. The van der Waals surface area contributed by atoms with E-state index < -0.39 is 87.3 Å². The second kappa shape index (κ2) is 41.5. The first-order valence-corrected chi connectivity index (χ1v) is 21.9. The third-order valence-electron chi connectivity index (χ3n) is 6.42. The molecule has 2 N–H and O–H groups in total. The maximum absolute atomic E-state index is 13.2. The van der Waals surface area contributed by atoms with Crippen LogP contribution < -0.4 is 59.1 Å². The molecule has 5 aromatic rings. The molecular weight excluding hydrogens is 1430 g/mol. The molecule has 0 aliphatic heterocycles. The SMILES string of the molecule is CCOC(=O)C(F)(F)Br.CCOC(=O)C(F)(F)c1ccc(F)cn1.F/C(=C\I)c1ccc(F)cn1.Fc1ccc(Br)nc1.Fc1ccc(C(F)(F)CI)nc1.OCC(F)(F)c1ccc(F)cn1.[B].[Cu].[H-].[Na+].[Na+].[OH-]. The van der Waals surface area contributed by atoms with Crippen LogP contribution in [-0.4, -0.2) is 84.9 Å². The Morgan fingerprint density at radius 1 is 0.639 bits per heavy atom. The van der Waals surface area contributed by atoms with Crippen molar-refractivity contribution in [2.75, 3.05) is 24.2 Å². The summed E-state index contributed by atoms with van der Waals surface area (Å²) in [6.07, 6.45) is 4.22. The van der Waals surface area contributed by atoms with Gasteiger partial charge in [0.15, 0.2) is 5.83 Å². The van der Waals surface area contributed by atoms with Gasteiger partial charge in [0.1, 0.15) is 57.4 Å². The normalized spacial score (nSPS) is 10.4. The molecule has 0 aromatic carbocycles. The largest absolute Gasteiger partial charge is 1.00 e. The molecule has 4 radical (unpaired) electrons. The van der Waals surface area contributed by atoms with Gasteiger partial charge in [0.25, 0.3) is 5.92 Å². The van der Waals surface area contributed by atoms with Gasteiger partial charge in [-0.05, 0) is 113 Å². The Bertz CT molecular complexity index is 2200. The first kappa shape index (κ1) is 81.7. The Hall–Kier alpha value is -1.63. The molecular formula is C39H33BBr2CuF14I2N5Na2O6. The fourth-order valence-corrected chi connectivity index (χ4v) is 4.42. The Labute approximate surface area is 504 Å². The van der Waals surface area contributed by atoms with Crippen molar-refractivity contribution in [1.29, 1.82) is 0 Å². The number of hydrogen-bond acceptors (Lipinski definition) is 11. The van der Waals surface area contributed by atoms with Gasteiger partial charge in [-0.2, -0.15) is 35.1 Å². The van der Waals surface area contributed by atoms with E-state index in [0.29, 0.717) is 17.0 Å². The molecule has 5 rings (SSSR count). The standard InChI is InChI=1S/C9H8F3NO2.C7H5F3IN.C7H6F3NO.C7H4F2IN.C5H3BrFN.C4H5BrF2O2.B.Cu.2Na.H2O.H/c1-2-15-8(14)9(11,12)7-4-3-6(10)5-13-7;8-5-1-2-6(12-3-5)7(9,10)4-11;8-5-1-2-6(11-3-5)7(9,10)4-12;8-5-1-2-7(11-4-5)6(9)3-10;6-5-2-1-4(7)3-8-5;1-2-9-3(8)4(5,6)7;;;;;;/h3-5H,2H2,1H3;1-3H,4H2;1-3,12H,4H2;1-4H;1-3H;2H2,1H3;;;;;1H2;/q;;;;;;;;2*+1;;-1/p-1/b;;;6-3-;;;;;;;;. The fraction of sp³-hybridized carbons (Fsp3) is 0.256. The van der Waals surface area contributed by atoms with Crippen LogP contribution in [-0.2, 0) is 53.9 Å². The van der Waals surface area contributed by atoms with E-state index in [1.54, 1.807) is 51.2 Å². The number of hydrogen-bond donors (Lipinski definition) is 1. The number of nitrogens with zero attached hydrogens (tertiary/aromatic N) is 5. The van der Waals surface area contributed by atoms with Crippen molar-refractivity contribution in [1.82, 2.24) is 24.9 Å². The maximum atomic E-state index is 13.2. The van der Waals surface area contributed by atoms with Gasteiger partial charge < -0.3 is 21.5 Å². The number of aromatic nitrogens is 5. The van der Waals surface area contributed by atoms with Crippen molar-refractivity contribution in [3.05, 3.63) is 152 Å². The number of alkyl halides is 10. The van der Waals surface area contributed by atoms with E-state index in [0.717, 1.165) is 55.0 Å². The number of aliphatic hydroxyl groups excluding tert-OH is 1. The van der Waals surface area contributed by atoms with E-state index in [-0.39, 0.29) is 121 Å². The fourth-order valence-electron chi connectivity index (χ4n) is 3.37. The molecule has 0 saturated carbocycles. The predicted octanol–water partition coefficient (Wildman–Crippen LogP) is 5.93. The van der Waals surface area contributed by atoms with Crippen LogP contribution in [0.4, 0.5) is 61.5 Å². The molecule has 72 heavy (non-hydrogen) atoms. The number of rotatable bonds is 10. The van der Waals surface area contributed by atoms with Gasteiger partial charge >= 0.3 is 87.7 Å². The predicted molar refractivity (Wildman–Crippen MR) is 245 cm³/mol. The Morgan fingerprint density at radius 2 is 0.986 bits per heavy atom. The van der Waals surface area contributed by atoms with E-state index >= 15 is 0 Å². The van der Waals surface area contributed by atoms with Crippen LogP contribution in [0.2, 0.25) is 0 Å². The van der Waals surface area contributed by atoms with E-state index in [2.05, 4.69) is 50.3 Å². The Kier molecular flexibility index (Phi) is 47.1. The number of carbonyl (C=O) groups is 2. The number of carbonyl (C=O) groups excluding carboxylic acids is 2. The van der Waals surface area contributed by atoms with Crippen molar-refractivity contribution < 1.29 is 169 Å². The molecule has 0 fully saturated rings. The summed E-state index contributed by atoms with van der Waals surface area (Å²) < 4.78 is 184. The molecule has 0 spiro atoms. The zero-order chi connectivity index (χ0) is 51.6.